The van der Waals surface area contributed by atoms with Crippen molar-refractivity contribution >= 4 is 27.5 Å². The Labute approximate surface area is 97.8 Å². The monoisotopic (exact) mass is 273 g/mol. The van der Waals surface area contributed by atoms with Crippen LogP contribution in [0.1, 0.15) is 30.9 Å². The highest BCUT2D eigenvalue weighted by atomic mass is 79.9. The van der Waals surface area contributed by atoms with Gasteiger partial charge in [0.25, 0.3) is 0 Å². The summed E-state index contributed by atoms with van der Waals surface area (Å²) in [5, 5.41) is 0.747. The van der Waals surface area contributed by atoms with Crippen LogP contribution in [-0.2, 0) is 0 Å². The number of hydrogen-bond acceptors (Lipinski definition) is 1. The van der Waals surface area contributed by atoms with Crippen LogP contribution in [0, 0.1) is 5.92 Å². The third-order valence-electron chi connectivity index (χ3n) is 2.99. The molecule has 0 unspecified atom stereocenters. The van der Waals surface area contributed by atoms with Gasteiger partial charge in [0.05, 0.1) is 5.02 Å². The Morgan fingerprint density at radius 1 is 1.43 bits per heavy atom. The molecular formula is C11H13BrClN. The second kappa shape index (κ2) is 4.21. The molecule has 76 valence electrons. The summed E-state index contributed by atoms with van der Waals surface area (Å²) in [7, 11) is 0. The molecule has 0 amide bonds. The van der Waals surface area contributed by atoms with Gasteiger partial charge in [0.2, 0.25) is 0 Å². The van der Waals surface area contributed by atoms with Gasteiger partial charge in [-0.2, -0.15) is 0 Å². The zero-order chi connectivity index (χ0) is 10.1. The summed E-state index contributed by atoms with van der Waals surface area (Å²) < 4.78 is 0.934. The van der Waals surface area contributed by atoms with Gasteiger partial charge in [-0.05, 0) is 52.4 Å². The average molecular weight is 275 g/mol. The van der Waals surface area contributed by atoms with Crippen LogP contribution in [0.25, 0.3) is 0 Å². The van der Waals surface area contributed by atoms with Gasteiger partial charge in [0, 0.05) is 10.5 Å². The zero-order valence-corrected chi connectivity index (χ0v) is 10.2. The van der Waals surface area contributed by atoms with Gasteiger partial charge in [-0.25, -0.2) is 0 Å². The summed E-state index contributed by atoms with van der Waals surface area (Å²) >= 11 is 9.40. The molecule has 0 bridgehead atoms. The Hall–Kier alpha value is -0.0500. The fourth-order valence-electron chi connectivity index (χ4n) is 1.79. The van der Waals surface area contributed by atoms with Crippen LogP contribution >= 0.6 is 27.5 Å². The van der Waals surface area contributed by atoms with Gasteiger partial charge >= 0.3 is 0 Å². The molecule has 2 N–H and O–H groups in total. The Morgan fingerprint density at radius 3 is 2.64 bits per heavy atom. The first-order chi connectivity index (χ1) is 6.68. The molecule has 3 heteroatoms. The molecule has 1 aromatic carbocycles. The first-order valence-corrected chi connectivity index (χ1v) is 6.06. The van der Waals surface area contributed by atoms with Crippen molar-refractivity contribution in [2.45, 2.75) is 25.3 Å². The summed E-state index contributed by atoms with van der Waals surface area (Å²) in [6, 6.07) is 6.15. The summed E-state index contributed by atoms with van der Waals surface area (Å²) in [6.45, 7) is 0. The Bertz CT molecular complexity index is 336. The first-order valence-electron chi connectivity index (χ1n) is 4.89. The lowest BCUT2D eigenvalue weighted by Gasteiger charge is -2.31. The highest BCUT2D eigenvalue weighted by molar-refractivity contribution is 9.10. The van der Waals surface area contributed by atoms with Gasteiger partial charge < -0.3 is 5.73 Å². The lowest BCUT2D eigenvalue weighted by molar-refractivity contribution is 0.264. The molecule has 0 spiro atoms. The second-order valence-corrected chi connectivity index (χ2v) is 5.15. The predicted molar refractivity (Wildman–Crippen MR) is 63.4 cm³/mol. The standard InChI is InChI=1S/C11H13BrClN/c12-9-5-4-8(6-10(9)13)11(14)7-2-1-3-7/h4-7,11H,1-3,14H2/t11-/m1/s1. The number of nitrogens with two attached hydrogens (primary N) is 1. The minimum Gasteiger partial charge on any atom is -0.324 e. The van der Waals surface area contributed by atoms with E-state index in [4.69, 9.17) is 17.3 Å². The predicted octanol–water partition coefficient (Wildman–Crippen LogP) is 3.90. The van der Waals surface area contributed by atoms with Crippen molar-refractivity contribution < 1.29 is 0 Å². The molecular weight excluding hydrogens is 261 g/mol. The van der Waals surface area contributed by atoms with Crippen LogP contribution in [0.3, 0.4) is 0 Å². The molecule has 0 aromatic heterocycles. The number of halogens is 2. The van der Waals surface area contributed by atoms with Gasteiger partial charge in [-0.3, -0.25) is 0 Å². The molecule has 0 heterocycles. The highest BCUT2D eigenvalue weighted by Gasteiger charge is 2.25. The fourth-order valence-corrected chi connectivity index (χ4v) is 2.23. The Morgan fingerprint density at radius 2 is 2.14 bits per heavy atom. The van der Waals surface area contributed by atoms with E-state index in [9.17, 15) is 0 Å². The maximum atomic E-state index is 6.15. The molecule has 1 aromatic rings. The number of benzene rings is 1. The van der Waals surface area contributed by atoms with Gasteiger partial charge in [-0.15, -0.1) is 0 Å². The topological polar surface area (TPSA) is 26.0 Å². The highest BCUT2D eigenvalue weighted by Crippen LogP contribution is 2.37. The van der Waals surface area contributed by atoms with Crippen molar-refractivity contribution in [3.8, 4) is 0 Å². The van der Waals surface area contributed by atoms with Crippen LogP contribution in [0.4, 0.5) is 0 Å². The van der Waals surface area contributed by atoms with Crippen molar-refractivity contribution in [3.05, 3.63) is 33.3 Å². The van der Waals surface area contributed by atoms with E-state index in [0.29, 0.717) is 5.92 Å². The normalized spacial score (nSPS) is 19.1. The molecule has 1 saturated carbocycles. The molecule has 0 saturated heterocycles. The largest absolute Gasteiger partial charge is 0.324 e. The first kappa shape index (κ1) is 10.5. The summed E-state index contributed by atoms with van der Waals surface area (Å²) in [5.74, 6) is 0.659. The minimum atomic E-state index is 0.161. The minimum absolute atomic E-state index is 0.161. The maximum Gasteiger partial charge on any atom is 0.0551 e. The molecule has 1 nitrogen and oxygen atoms in total. The molecule has 2 rings (SSSR count). The number of rotatable bonds is 2. The van der Waals surface area contributed by atoms with Crippen LogP contribution in [0.15, 0.2) is 22.7 Å². The maximum absolute atomic E-state index is 6.15. The van der Waals surface area contributed by atoms with E-state index in [1.54, 1.807) is 0 Å². The quantitative estimate of drug-likeness (QED) is 0.869. The SMILES string of the molecule is N[C@@H](c1ccc(Br)c(Cl)c1)C1CCC1. The Kier molecular flexibility index (Phi) is 3.15. The molecule has 0 aliphatic heterocycles. The van der Waals surface area contributed by atoms with Crippen LogP contribution in [0.2, 0.25) is 5.02 Å². The molecule has 1 aliphatic rings. The van der Waals surface area contributed by atoms with Crippen molar-refractivity contribution in [1.29, 1.82) is 0 Å². The number of hydrogen-bond donors (Lipinski definition) is 1. The lowest BCUT2D eigenvalue weighted by Crippen LogP contribution is -2.26. The van der Waals surface area contributed by atoms with Crippen LogP contribution in [0.5, 0.6) is 0 Å². The average Bonchev–Trinajstić information content (AvgIpc) is 2.06. The lowest BCUT2D eigenvalue weighted by atomic mass is 9.78. The Balaban J connectivity index is 2.18. The van der Waals surface area contributed by atoms with Gasteiger partial charge in [-0.1, -0.05) is 24.1 Å². The van der Waals surface area contributed by atoms with Crippen LogP contribution < -0.4 is 5.73 Å². The van der Waals surface area contributed by atoms with E-state index in [1.165, 1.54) is 19.3 Å². The van der Waals surface area contributed by atoms with E-state index >= 15 is 0 Å². The fraction of sp³-hybridized carbons (Fsp3) is 0.455. The molecule has 1 fully saturated rings. The van der Waals surface area contributed by atoms with E-state index in [2.05, 4.69) is 22.0 Å². The third kappa shape index (κ3) is 1.97. The van der Waals surface area contributed by atoms with Crippen molar-refractivity contribution in [3.63, 3.8) is 0 Å². The molecule has 0 radical (unpaired) electrons. The van der Waals surface area contributed by atoms with E-state index in [0.717, 1.165) is 15.1 Å². The molecule has 14 heavy (non-hydrogen) atoms. The van der Waals surface area contributed by atoms with Crippen molar-refractivity contribution in [2.24, 2.45) is 11.7 Å². The second-order valence-electron chi connectivity index (χ2n) is 3.89. The van der Waals surface area contributed by atoms with E-state index in [-0.39, 0.29) is 6.04 Å². The van der Waals surface area contributed by atoms with Crippen molar-refractivity contribution in [2.75, 3.05) is 0 Å². The van der Waals surface area contributed by atoms with E-state index in [1.807, 2.05) is 12.1 Å². The summed E-state index contributed by atoms with van der Waals surface area (Å²) in [4.78, 5) is 0. The third-order valence-corrected chi connectivity index (χ3v) is 4.22. The summed E-state index contributed by atoms with van der Waals surface area (Å²) in [6.07, 6.45) is 3.84. The smallest absolute Gasteiger partial charge is 0.0551 e. The molecule has 1 atom stereocenters. The zero-order valence-electron chi connectivity index (χ0n) is 7.84. The van der Waals surface area contributed by atoms with Crippen molar-refractivity contribution in [1.82, 2.24) is 0 Å². The van der Waals surface area contributed by atoms with Crippen LogP contribution in [-0.4, -0.2) is 0 Å². The summed E-state index contributed by atoms with van der Waals surface area (Å²) in [5.41, 5.74) is 7.30. The van der Waals surface area contributed by atoms with E-state index < -0.39 is 0 Å². The molecule has 1 aliphatic carbocycles. The van der Waals surface area contributed by atoms with Gasteiger partial charge in [0.1, 0.15) is 0 Å². The van der Waals surface area contributed by atoms with Gasteiger partial charge in [0.15, 0.2) is 0 Å².